The van der Waals surface area contributed by atoms with Crippen LogP contribution in [0.4, 0.5) is 5.69 Å². The van der Waals surface area contributed by atoms with Crippen LogP contribution in [0.3, 0.4) is 0 Å². The molecule has 1 saturated heterocycles. The van der Waals surface area contributed by atoms with Gasteiger partial charge in [-0.05, 0) is 76.5 Å². The van der Waals surface area contributed by atoms with Gasteiger partial charge < -0.3 is 10.2 Å². The van der Waals surface area contributed by atoms with Gasteiger partial charge in [-0.25, -0.2) is 0 Å². The number of rotatable bonds is 6. The Hall–Kier alpha value is -1.48. The predicted molar refractivity (Wildman–Crippen MR) is 125 cm³/mol. The minimum absolute atomic E-state index is 0.0369. The summed E-state index contributed by atoms with van der Waals surface area (Å²) in [6, 6.07) is 8.69. The van der Waals surface area contributed by atoms with E-state index in [1.807, 2.05) is 12.1 Å². The molecule has 1 amide bonds. The first-order chi connectivity index (χ1) is 14.9. The Bertz CT molecular complexity index is 842. The van der Waals surface area contributed by atoms with E-state index in [0.717, 1.165) is 76.3 Å². The van der Waals surface area contributed by atoms with Gasteiger partial charge in [0.05, 0.1) is 21.8 Å². The van der Waals surface area contributed by atoms with E-state index >= 15 is 0 Å². The summed E-state index contributed by atoms with van der Waals surface area (Å²) in [7, 11) is 0. The summed E-state index contributed by atoms with van der Waals surface area (Å²) in [6.07, 6.45) is 7.06. The molecule has 2 aliphatic carbocycles. The quantitative estimate of drug-likeness (QED) is 0.654. The van der Waals surface area contributed by atoms with E-state index in [1.54, 1.807) is 0 Å². The second kappa shape index (κ2) is 9.57. The first-order valence-corrected chi connectivity index (χ1v) is 12.3. The number of amides is 1. The van der Waals surface area contributed by atoms with E-state index in [-0.39, 0.29) is 11.9 Å². The lowest BCUT2D eigenvalue weighted by atomic mass is 9.83. The number of nitriles is 1. The highest BCUT2D eigenvalue weighted by Gasteiger charge is 2.51. The number of nitrogens with one attached hydrogen (secondary N) is 1. The SMILES string of the molecule is CC1CN(CCC2CCC(NC(=O)C3(C#N)CC3)CC2)CCN1c1cccc(Cl)c1Cl. The number of benzene rings is 1. The molecule has 1 atom stereocenters. The molecule has 1 unspecified atom stereocenters. The Balaban J connectivity index is 1.19. The van der Waals surface area contributed by atoms with Gasteiger partial charge in [0.25, 0.3) is 0 Å². The molecule has 1 N–H and O–H groups in total. The standard InChI is InChI=1S/C24H32Cl2N4O/c1-17-15-29(13-14-30(17)21-4-2-3-20(25)22(21)26)12-9-18-5-7-19(8-6-18)28-23(31)24(16-27)10-11-24/h2-4,17-19H,5-15H2,1H3,(H,28,31). The van der Waals surface area contributed by atoms with Gasteiger partial charge in [-0.1, -0.05) is 29.3 Å². The molecule has 0 spiro atoms. The van der Waals surface area contributed by atoms with Crippen LogP contribution in [-0.4, -0.2) is 49.1 Å². The molecule has 31 heavy (non-hydrogen) atoms. The van der Waals surface area contributed by atoms with E-state index in [1.165, 1.54) is 6.42 Å². The van der Waals surface area contributed by atoms with E-state index in [4.69, 9.17) is 23.2 Å². The van der Waals surface area contributed by atoms with Crippen LogP contribution in [0.5, 0.6) is 0 Å². The fourth-order valence-electron chi connectivity index (χ4n) is 5.11. The van der Waals surface area contributed by atoms with E-state index in [9.17, 15) is 10.1 Å². The van der Waals surface area contributed by atoms with Crippen molar-refractivity contribution in [3.05, 3.63) is 28.2 Å². The summed E-state index contributed by atoms with van der Waals surface area (Å²) in [5.74, 6) is 0.694. The molecule has 0 radical (unpaired) electrons. The van der Waals surface area contributed by atoms with Crippen molar-refractivity contribution in [2.75, 3.05) is 31.1 Å². The predicted octanol–water partition coefficient (Wildman–Crippen LogP) is 4.87. The third kappa shape index (κ3) is 5.13. The highest BCUT2D eigenvalue weighted by Crippen LogP contribution is 2.45. The molecule has 168 valence electrons. The topological polar surface area (TPSA) is 59.4 Å². The van der Waals surface area contributed by atoms with Crippen LogP contribution < -0.4 is 10.2 Å². The molecule has 3 aliphatic rings. The first kappa shape index (κ1) is 22.7. The fourth-order valence-corrected chi connectivity index (χ4v) is 5.51. The van der Waals surface area contributed by atoms with E-state index in [2.05, 4.69) is 34.2 Å². The molecule has 1 aromatic carbocycles. The van der Waals surface area contributed by atoms with Gasteiger partial charge in [-0.15, -0.1) is 0 Å². The lowest BCUT2D eigenvalue weighted by molar-refractivity contribution is -0.125. The lowest BCUT2D eigenvalue weighted by Crippen LogP contribution is -2.52. The molecule has 0 bridgehead atoms. The molecule has 7 heteroatoms. The lowest BCUT2D eigenvalue weighted by Gasteiger charge is -2.42. The number of anilines is 1. The smallest absolute Gasteiger partial charge is 0.240 e. The van der Waals surface area contributed by atoms with Crippen molar-refractivity contribution in [3.8, 4) is 6.07 Å². The Labute approximate surface area is 195 Å². The normalized spacial score (nSPS) is 28.1. The zero-order valence-corrected chi connectivity index (χ0v) is 19.8. The Morgan fingerprint density at radius 1 is 1.23 bits per heavy atom. The third-order valence-corrected chi connectivity index (χ3v) is 8.20. The summed E-state index contributed by atoms with van der Waals surface area (Å²) in [6.45, 7) is 6.41. The van der Waals surface area contributed by atoms with Gasteiger partial charge in [-0.2, -0.15) is 5.26 Å². The molecule has 1 heterocycles. The van der Waals surface area contributed by atoms with Crippen molar-refractivity contribution >= 4 is 34.8 Å². The van der Waals surface area contributed by atoms with Crippen molar-refractivity contribution < 1.29 is 4.79 Å². The number of hydrogen-bond acceptors (Lipinski definition) is 4. The second-order valence-electron chi connectivity index (χ2n) is 9.59. The van der Waals surface area contributed by atoms with Crippen molar-refractivity contribution in [3.63, 3.8) is 0 Å². The van der Waals surface area contributed by atoms with Crippen LogP contribution in [0.15, 0.2) is 18.2 Å². The van der Waals surface area contributed by atoms with Crippen molar-refractivity contribution in [2.24, 2.45) is 11.3 Å². The van der Waals surface area contributed by atoms with Crippen LogP contribution in [0, 0.1) is 22.7 Å². The fraction of sp³-hybridized carbons (Fsp3) is 0.667. The summed E-state index contributed by atoms with van der Waals surface area (Å²) in [5, 5.41) is 13.6. The van der Waals surface area contributed by atoms with Crippen LogP contribution in [0.25, 0.3) is 0 Å². The van der Waals surface area contributed by atoms with Gasteiger partial charge in [0.2, 0.25) is 5.91 Å². The number of carbonyl (C=O) groups is 1. The maximum Gasteiger partial charge on any atom is 0.240 e. The van der Waals surface area contributed by atoms with Gasteiger partial charge in [-0.3, -0.25) is 9.69 Å². The molecule has 1 aliphatic heterocycles. The Morgan fingerprint density at radius 3 is 2.61 bits per heavy atom. The monoisotopic (exact) mass is 462 g/mol. The molecule has 4 rings (SSSR count). The van der Waals surface area contributed by atoms with E-state index < -0.39 is 5.41 Å². The van der Waals surface area contributed by atoms with Gasteiger partial charge in [0.1, 0.15) is 5.41 Å². The number of carbonyl (C=O) groups excluding carboxylic acids is 1. The number of hydrogen-bond donors (Lipinski definition) is 1. The van der Waals surface area contributed by atoms with Crippen LogP contribution in [0.2, 0.25) is 10.0 Å². The minimum atomic E-state index is -0.703. The molecule has 5 nitrogen and oxygen atoms in total. The number of nitrogens with zero attached hydrogens (tertiary/aromatic N) is 3. The molecular formula is C24H32Cl2N4O. The van der Waals surface area contributed by atoms with Crippen molar-refractivity contribution in [1.29, 1.82) is 5.26 Å². The summed E-state index contributed by atoms with van der Waals surface area (Å²) in [4.78, 5) is 17.2. The molecule has 2 saturated carbocycles. The number of piperazine rings is 1. The summed E-state index contributed by atoms with van der Waals surface area (Å²) in [5.41, 5.74) is 0.330. The van der Waals surface area contributed by atoms with Crippen LogP contribution in [0.1, 0.15) is 51.9 Å². The average molecular weight is 463 g/mol. The summed E-state index contributed by atoms with van der Waals surface area (Å²) < 4.78 is 0. The van der Waals surface area contributed by atoms with E-state index in [0.29, 0.717) is 16.1 Å². The van der Waals surface area contributed by atoms with Gasteiger partial charge >= 0.3 is 0 Å². The molecule has 3 fully saturated rings. The molecular weight excluding hydrogens is 431 g/mol. The Morgan fingerprint density at radius 2 is 1.97 bits per heavy atom. The summed E-state index contributed by atoms with van der Waals surface area (Å²) >= 11 is 12.7. The number of halogens is 2. The minimum Gasteiger partial charge on any atom is -0.365 e. The average Bonchev–Trinajstić information content (AvgIpc) is 3.57. The van der Waals surface area contributed by atoms with Crippen LogP contribution in [-0.2, 0) is 4.79 Å². The van der Waals surface area contributed by atoms with Crippen molar-refractivity contribution in [1.82, 2.24) is 10.2 Å². The third-order valence-electron chi connectivity index (χ3n) is 7.39. The largest absolute Gasteiger partial charge is 0.365 e. The van der Waals surface area contributed by atoms with Crippen molar-refractivity contribution in [2.45, 2.75) is 64.0 Å². The first-order valence-electron chi connectivity index (χ1n) is 11.6. The van der Waals surface area contributed by atoms with Crippen LogP contribution >= 0.6 is 23.2 Å². The zero-order valence-electron chi connectivity index (χ0n) is 18.2. The van der Waals surface area contributed by atoms with Gasteiger partial charge in [0.15, 0.2) is 0 Å². The highest BCUT2D eigenvalue weighted by molar-refractivity contribution is 6.43. The maximum absolute atomic E-state index is 12.3. The van der Waals surface area contributed by atoms with Gasteiger partial charge in [0, 0.05) is 31.7 Å². The zero-order chi connectivity index (χ0) is 22.0. The Kier molecular flexibility index (Phi) is 7.01. The maximum atomic E-state index is 12.3. The highest BCUT2D eigenvalue weighted by atomic mass is 35.5. The molecule has 1 aromatic rings. The molecule has 0 aromatic heterocycles. The second-order valence-corrected chi connectivity index (χ2v) is 10.4.